The highest BCUT2D eigenvalue weighted by molar-refractivity contribution is 5.27. The lowest BCUT2D eigenvalue weighted by molar-refractivity contribution is 0.565. The average Bonchev–Trinajstić information content (AvgIpc) is 3.00. The van der Waals surface area contributed by atoms with E-state index in [2.05, 4.69) is 16.5 Å². The van der Waals surface area contributed by atoms with Crippen LogP contribution < -0.4 is 5.32 Å². The molecule has 0 spiro atoms. The summed E-state index contributed by atoms with van der Waals surface area (Å²) in [6.07, 6.45) is 10.5. The van der Waals surface area contributed by atoms with Crippen molar-refractivity contribution in [1.82, 2.24) is 15.1 Å². The van der Waals surface area contributed by atoms with E-state index in [1.807, 2.05) is 31.4 Å². The Morgan fingerprint density at radius 1 is 1.22 bits per heavy atom. The molecule has 1 heterocycles. The first kappa shape index (κ1) is 15.9. The van der Waals surface area contributed by atoms with E-state index in [1.54, 1.807) is 10.3 Å². The molecule has 122 valence electrons. The predicted molar refractivity (Wildman–Crippen MR) is 90.6 cm³/mol. The van der Waals surface area contributed by atoms with Gasteiger partial charge >= 0.3 is 0 Å². The Hall–Kier alpha value is -1.94. The summed E-state index contributed by atoms with van der Waals surface area (Å²) in [6, 6.07) is 8.71. The summed E-state index contributed by atoms with van der Waals surface area (Å²) in [5.74, 6) is -0.208. The maximum Gasteiger partial charge on any atom is 0.123 e. The van der Waals surface area contributed by atoms with Crippen molar-refractivity contribution in [3.8, 4) is 0 Å². The van der Waals surface area contributed by atoms with Gasteiger partial charge in [-0.1, -0.05) is 23.8 Å². The molecule has 0 fully saturated rings. The molecule has 0 unspecified atom stereocenters. The Morgan fingerprint density at radius 2 is 2.04 bits per heavy atom. The van der Waals surface area contributed by atoms with E-state index >= 15 is 0 Å². The second kappa shape index (κ2) is 7.55. The molecule has 1 aliphatic rings. The number of nitrogens with one attached hydrogen (secondary N) is 1. The zero-order valence-electron chi connectivity index (χ0n) is 13.6. The first-order valence-corrected chi connectivity index (χ1v) is 8.38. The minimum Gasteiger partial charge on any atom is -0.305 e. The monoisotopic (exact) mass is 313 g/mol. The summed E-state index contributed by atoms with van der Waals surface area (Å²) < 4.78 is 15.0. The van der Waals surface area contributed by atoms with E-state index in [0.717, 1.165) is 24.2 Å². The molecule has 23 heavy (non-hydrogen) atoms. The van der Waals surface area contributed by atoms with Gasteiger partial charge in [-0.25, -0.2) is 4.39 Å². The molecular formula is C19H24FN3. The van der Waals surface area contributed by atoms with Crippen LogP contribution >= 0.6 is 0 Å². The van der Waals surface area contributed by atoms with Crippen LogP contribution in [0.15, 0.2) is 48.2 Å². The van der Waals surface area contributed by atoms with Gasteiger partial charge in [0.25, 0.3) is 0 Å². The third-order valence-electron chi connectivity index (χ3n) is 4.41. The number of rotatable bonds is 6. The van der Waals surface area contributed by atoms with Gasteiger partial charge in [0.1, 0.15) is 5.82 Å². The highest BCUT2D eigenvalue weighted by Gasteiger charge is 2.16. The largest absolute Gasteiger partial charge is 0.305 e. The third kappa shape index (κ3) is 4.29. The van der Waals surface area contributed by atoms with E-state index in [-0.39, 0.29) is 11.9 Å². The lowest BCUT2D eigenvalue weighted by atomic mass is 9.97. The normalized spacial score (nSPS) is 16.2. The summed E-state index contributed by atoms with van der Waals surface area (Å²) in [4.78, 5) is 0. The highest BCUT2D eigenvalue weighted by atomic mass is 19.1. The molecule has 1 aliphatic carbocycles. The van der Waals surface area contributed by atoms with E-state index in [4.69, 9.17) is 0 Å². The zero-order valence-corrected chi connectivity index (χ0v) is 13.6. The van der Waals surface area contributed by atoms with Crippen LogP contribution in [-0.2, 0) is 7.05 Å². The average molecular weight is 313 g/mol. The van der Waals surface area contributed by atoms with E-state index in [9.17, 15) is 4.39 Å². The van der Waals surface area contributed by atoms with Crippen molar-refractivity contribution in [2.24, 2.45) is 7.05 Å². The molecule has 1 N–H and O–H groups in total. The standard InChI is InChI=1S/C19H24FN3/c1-23-14-12-18(22-23)19(16-7-9-17(20)10-8-16)21-13-11-15-5-3-2-4-6-15/h5,7-10,12,14,19,21H,2-4,6,11,13H2,1H3/t19-/m0/s1. The van der Waals surface area contributed by atoms with Gasteiger partial charge in [0, 0.05) is 13.2 Å². The van der Waals surface area contributed by atoms with Crippen molar-refractivity contribution in [1.29, 1.82) is 0 Å². The first-order valence-electron chi connectivity index (χ1n) is 8.38. The molecular weight excluding hydrogens is 289 g/mol. The van der Waals surface area contributed by atoms with E-state index in [1.165, 1.54) is 37.8 Å². The van der Waals surface area contributed by atoms with Crippen molar-refractivity contribution in [2.75, 3.05) is 6.54 Å². The van der Waals surface area contributed by atoms with Crippen LogP contribution in [0.3, 0.4) is 0 Å². The number of aryl methyl sites for hydroxylation is 1. The molecule has 0 bridgehead atoms. The van der Waals surface area contributed by atoms with Crippen LogP contribution in [0.1, 0.15) is 49.4 Å². The van der Waals surface area contributed by atoms with Crippen LogP contribution in [0.25, 0.3) is 0 Å². The quantitative estimate of drug-likeness (QED) is 0.813. The smallest absolute Gasteiger partial charge is 0.123 e. The SMILES string of the molecule is Cn1ccc([C@@H](NCCC2=CCCCC2)c2ccc(F)cc2)n1. The molecule has 4 heteroatoms. The Balaban J connectivity index is 1.70. The number of hydrogen-bond acceptors (Lipinski definition) is 2. The summed E-state index contributed by atoms with van der Waals surface area (Å²) in [7, 11) is 1.91. The second-order valence-electron chi connectivity index (χ2n) is 6.21. The van der Waals surface area contributed by atoms with Crippen LogP contribution in [0.2, 0.25) is 0 Å². The maximum absolute atomic E-state index is 13.2. The summed E-state index contributed by atoms with van der Waals surface area (Å²) in [6.45, 7) is 0.907. The summed E-state index contributed by atoms with van der Waals surface area (Å²) >= 11 is 0. The fraction of sp³-hybridized carbons (Fsp3) is 0.421. The second-order valence-corrected chi connectivity index (χ2v) is 6.21. The Morgan fingerprint density at radius 3 is 2.70 bits per heavy atom. The Labute approximate surface area is 137 Å². The minimum absolute atomic E-state index is 0.000917. The molecule has 1 aromatic carbocycles. The van der Waals surface area contributed by atoms with Crippen molar-refractivity contribution in [3.05, 3.63) is 65.3 Å². The molecule has 0 aliphatic heterocycles. The minimum atomic E-state index is -0.208. The maximum atomic E-state index is 13.2. The van der Waals surface area contributed by atoms with Gasteiger partial charge in [0.15, 0.2) is 0 Å². The molecule has 0 saturated carbocycles. The van der Waals surface area contributed by atoms with Gasteiger partial charge in [0.2, 0.25) is 0 Å². The van der Waals surface area contributed by atoms with Crippen molar-refractivity contribution in [3.63, 3.8) is 0 Å². The zero-order chi connectivity index (χ0) is 16.1. The fourth-order valence-electron chi connectivity index (χ4n) is 3.14. The lowest BCUT2D eigenvalue weighted by Gasteiger charge is -2.19. The Bertz CT molecular complexity index is 658. The van der Waals surface area contributed by atoms with Crippen LogP contribution in [0.4, 0.5) is 4.39 Å². The third-order valence-corrected chi connectivity index (χ3v) is 4.41. The van der Waals surface area contributed by atoms with Gasteiger partial charge in [-0.2, -0.15) is 5.10 Å². The lowest BCUT2D eigenvalue weighted by Crippen LogP contribution is -2.24. The molecule has 0 radical (unpaired) electrons. The number of benzene rings is 1. The first-order chi connectivity index (χ1) is 11.2. The van der Waals surface area contributed by atoms with Crippen LogP contribution in [-0.4, -0.2) is 16.3 Å². The van der Waals surface area contributed by atoms with Crippen LogP contribution in [0.5, 0.6) is 0 Å². The van der Waals surface area contributed by atoms with Gasteiger partial charge in [-0.05, 0) is 62.4 Å². The van der Waals surface area contributed by atoms with Crippen molar-refractivity contribution in [2.45, 2.75) is 38.1 Å². The highest BCUT2D eigenvalue weighted by Crippen LogP contribution is 2.23. The molecule has 3 nitrogen and oxygen atoms in total. The number of nitrogens with zero attached hydrogens (tertiary/aromatic N) is 2. The Kier molecular flexibility index (Phi) is 5.23. The number of aromatic nitrogens is 2. The molecule has 1 atom stereocenters. The molecule has 1 aromatic heterocycles. The van der Waals surface area contributed by atoms with Crippen molar-refractivity contribution >= 4 is 0 Å². The summed E-state index contributed by atoms with van der Waals surface area (Å²) in [5, 5.41) is 8.11. The van der Waals surface area contributed by atoms with Gasteiger partial charge in [0.05, 0.1) is 11.7 Å². The number of hydrogen-bond donors (Lipinski definition) is 1. The molecule has 3 rings (SSSR count). The molecule has 2 aromatic rings. The topological polar surface area (TPSA) is 29.9 Å². The molecule has 0 amide bonds. The summed E-state index contributed by atoms with van der Waals surface area (Å²) in [5.41, 5.74) is 3.57. The van der Waals surface area contributed by atoms with Crippen LogP contribution in [0, 0.1) is 5.82 Å². The van der Waals surface area contributed by atoms with Crippen molar-refractivity contribution < 1.29 is 4.39 Å². The fourth-order valence-corrected chi connectivity index (χ4v) is 3.14. The van der Waals surface area contributed by atoms with Gasteiger partial charge < -0.3 is 5.32 Å². The predicted octanol–water partition coefficient (Wildman–Crippen LogP) is 4.13. The van der Waals surface area contributed by atoms with E-state index in [0.29, 0.717) is 0 Å². The molecule has 0 saturated heterocycles. The number of halogens is 1. The van der Waals surface area contributed by atoms with E-state index < -0.39 is 0 Å². The number of allylic oxidation sites excluding steroid dienone is 1. The van der Waals surface area contributed by atoms with Gasteiger partial charge in [-0.3, -0.25) is 4.68 Å². The van der Waals surface area contributed by atoms with Gasteiger partial charge in [-0.15, -0.1) is 0 Å².